The van der Waals surface area contributed by atoms with Crippen molar-refractivity contribution >= 4 is 23.6 Å². The van der Waals surface area contributed by atoms with Crippen molar-refractivity contribution in [3.8, 4) is 11.4 Å². The van der Waals surface area contributed by atoms with Gasteiger partial charge in [-0.2, -0.15) is 5.10 Å². The predicted molar refractivity (Wildman–Crippen MR) is 115 cm³/mol. The topological polar surface area (TPSA) is 38.9 Å². The highest BCUT2D eigenvalue weighted by atomic mass is 32.1. The van der Waals surface area contributed by atoms with Crippen LogP contribution in [0.1, 0.15) is 29.3 Å². The van der Waals surface area contributed by atoms with E-state index in [0.29, 0.717) is 12.6 Å². The van der Waals surface area contributed by atoms with Crippen molar-refractivity contribution in [2.45, 2.75) is 38.5 Å². The highest BCUT2D eigenvalue weighted by molar-refractivity contribution is 7.71. The Kier molecular flexibility index (Phi) is 4.74. The van der Waals surface area contributed by atoms with E-state index in [1.165, 1.54) is 18.4 Å². The number of aromatic nitrogens is 4. The molecule has 5 rings (SSSR count). The lowest BCUT2D eigenvalue weighted by molar-refractivity contribution is 0.117. The molecule has 7 heteroatoms. The smallest absolute Gasteiger partial charge is 0.199 e. The van der Waals surface area contributed by atoms with Crippen LogP contribution in [0.15, 0.2) is 48.6 Å². The number of rotatable bonds is 6. The fourth-order valence-electron chi connectivity index (χ4n) is 4.23. The zero-order valence-electron chi connectivity index (χ0n) is 15.7. The van der Waals surface area contributed by atoms with E-state index in [-0.39, 0.29) is 0 Å². The Morgan fingerprint density at radius 3 is 2.96 bits per heavy atom. The molecule has 144 valence electrons. The van der Waals surface area contributed by atoms with E-state index < -0.39 is 0 Å². The van der Waals surface area contributed by atoms with Gasteiger partial charge in [0.1, 0.15) is 0 Å². The Morgan fingerprint density at radius 1 is 1.32 bits per heavy atom. The molecule has 0 amide bonds. The molecule has 3 aromatic rings. The molecule has 0 aromatic carbocycles. The molecular formula is C21H23N5S2. The molecule has 3 aromatic heterocycles. The van der Waals surface area contributed by atoms with Crippen molar-refractivity contribution in [1.82, 2.24) is 24.2 Å². The summed E-state index contributed by atoms with van der Waals surface area (Å²) in [4.78, 5) is 8.38. The third kappa shape index (κ3) is 3.17. The van der Waals surface area contributed by atoms with E-state index in [0.717, 1.165) is 41.7 Å². The van der Waals surface area contributed by atoms with Crippen LogP contribution in [0.3, 0.4) is 0 Å². The highest BCUT2D eigenvalue weighted by Crippen LogP contribution is 2.48. The normalized spacial score (nSPS) is 19.5. The third-order valence-electron chi connectivity index (χ3n) is 5.66. The average molecular weight is 410 g/mol. The number of fused-ring (bicyclic) bond motifs is 1. The first-order valence-corrected chi connectivity index (χ1v) is 11.0. The largest absolute Gasteiger partial charge is 0.296 e. The second-order valence-electron chi connectivity index (χ2n) is 7.53. The fraction of sp³-hybridized carbons (Fsp3) is 0.381. The molecule has 0 spiro atoms. The van der Waals surface area contributed by atoms with Crippen molar-refractivity contribution in [3.63, 3.8) is 0 Å². The van der Waals surface area contributed by atoms with Crippen molar-refractivity contribution in [1.29, 1.82) is 0 Å². The summed E-state index contributed by atoms with van der Waals surface area (Å²) in [6, 6.07) is 6.79. The fourth-order valence-corrected chi connectivity index (χ4v) is 5.40. The van der Waals surface area contributed by atoms with Crippen molar-refractivity contribution in [2.24, 2.45) is 5.92 Å². The highest BCUT2D eigenvalue weighted by Gasteiger charge is 2.40. The van der Waals surface area contributed by atoms with Crippen LogP contribution >= 0.6 is 23.6 Å². The summed E-state index contributed by atoms with van der Waals surface area (Å²) in [5.74, 6) is 1.63. The van der Waals surface area contributed by atoms with Crippen LogP contribution in [0.5, 0.6) is 0 Å². The molecule has 1 aliphatic heterocycles. The van der Waals surface area contributed by atoms with Gasteiger partial charge in [0.05, 0.1) is 6.67 Å². The molecule has 0 radical (unpaired) electrons. The quantitative estimate of drug-likeness (QED) is 0.437. The zero-order valence-corrected chi connectivity index (χ0v) is 17.3. The molecule has 0 N–H and O–H groups in total. The van der Waals surface area contributed by atoms with E-state index in [1.807, 2.05) is 45.0 Å². The number of hydrogen-bond acceptors (Lipinski definition) is 5. The minimum atomic E-state index is 0.503. The van der Waals surface area contributed by atoms with Crippen LogP contribution in [0.2, 0.25) is 0 Å². The van der Waals surface area contributed by atoms with Crippen molar-refractivity contribution in [2.75, 3.05) is 6.54 Å². The van der Waals surface area contributed by atoms with Crippen LogP contribution < -0.4 is 0 Å². The number of hydrogen-bond donors (Lipinski definition) is 0. The Hall–Kier alpha value is -2.09. The van der Waals surface area contributed by atoms with Gasteiger partial charge in [-0.05, 0) is 66.5 Å². The van der Waals surface area contributed by atoms with Gasteiger partial charge in [-0.3, -0.25) is 14.5 Å². The SMILES string of the molecule is C=CCn1c(-c2cccnc2)nn(CN2CCc3sccc3[C@@H]2C2CC2)c1=S. The standard InChI is InChI=1S/C21H23N5S2/c1-2-10-25-20(16-4-3-9-22-13-16)23-26(21(25)27)14-24-11-7-18-17(8-12-28-18)19(24)15-5-6-15/h2-4,8-9,12-13,15,19H,1,5-7,10-11,14H2/t19-/m0/s1. The monoisotopic (exact) mass is 409 g/mol. The molecule has 4 heterocycles. The van der Waals surface area contributed by atoms with Gasteiger partial charge in [-0.15, -0.1) is 17.9 Å². The summed E-state index contributed by atoms with van der Waals surface area (Å²) in [5.41, 5.74) is 2.51. The molecule has 1 atom stereocenters. The summed E-state index contributed by atoms with van der Waals surface area (Å²) in [5, 5.41) is 7.14. The molecule has 1 saturated carbocycles. The maximum absolute atomic E-state index is 5.80. The van der Waals surface area contributed by atoms with Gasteiger partial charge in [0.25, 0.3) is 0 Å². The second kappa shape index (κ2) is 7.39. The molecule has 0 bridgehead atoms. The minimum Gasteiger partial charge on any atom is -0.296 e. The molecule has 1 fully saturated rings. The van der Waals surface area contributed by atoms with Crippen LogP contribution in [0, 0.1) is 10.7 Å². The number of thiophene rings is 1. The first-order chi connectivity index (χ1) is 13.8. The molecule has 1 aliphatic carbocycles. The molecule has 0 unspecified atom stereocenters. The van der Waals surface area contributed by atoms with Crippen molar-refractivity contribution in [3.05, 3.63) is 63.8 Å². The van der Waals surface area contributed by atoms with Crippen LogP contribution in [-0.2, 0) is 19.6 Å². The summed E-state index contributed by atoms with van der Waals surface area (Å²) in [7, 11) is 0. The van der Waals surface area contributed by atoms with E-state index in [9.17, 15) is 0 Å². The van der Waals surface area contributed by atoms with E-state index in [2.05, 4.69) is 27.9 Å². The maximum Gasteiger partial charge on any atom is 0.199 e. The Bertz CT molecular complexity index is 1040. The lowest BCUT2D eigenvalue weighted by atomic mass is 9.96. The molecule has 28 heavy (non-hydrogen) atoms. The Balaban J connectivity index is 1.50. The first-order valence-electron chi connectivity index (χ1n) is 9.75. The number of pyridine rings is 1. The van der Waals surface area contributed by atoms with Gasteiger partial charge < -0.3 is 0 Å². The number of allylic oxidation sites excluding steroid dienone is 1. The molecule has 5 nitrogen and oxygen atoms in total. The third-order valence-corrected chi connectivity index (χ3v) is 7.08. The predicted octanol–water partition coefficient (Wildman–Crippen LogP) is 4.69. The van der Waals surface area contributed by atoms with E-state index in [4.69, 9.17) is 17.3 Å². The molecule has 0 saturated heterocycles. The van der Waals surface area contributed by atoms with Crippen LogP contribution in [0.4, 0.5) is 0 Å². The summed E-state index contributed by atoms with van der Waals surface area (Å²) in [6.07, 6.45) is 9.26. The van der Waals surface area contributed by atoms with Gasteiger partial charge in [-0.25, -0.2) is 4.68 Å². The Labute approximate surface area is 174 Å². The van der Waals surface area contributed by atoms with Crippen molar-refractivity contribution < 1.29 is 0 Å². The van der Waals surface area contributed by atoms with E-state index >= 15 is 0 Å². The lowest BCUT2D eigenvalue weighted by Gasteiger charge is -2.35. The summed E-state index contributed by atoms with van der Waals surface area (Å²) in [6.45, 7) is 6.32. The zero-order chi connectivity index (χ0) is 19.1. The van der Waals surface area contributed by atoms with Crippen LogP contribution in [0.25, 0.3) is 11.4 Å². The Morgan fingerprint density at radius 2 is 2.21 bits per heavy atom. The maximum atomic E-state index is 5.80. The van der Waals surface area contributed by atoms with Gasteiger partial charge in [0.2, 0.25) is 0 Å². The minimum absolute atomic E-state index is 0.503. The summed E-state index contributed by atoms with van der Waals surface area (Å²) < 4.78 is 4.77. The van der Waals surface area contributed by atoms with Gasteiger partial charge in [0, 0.05) is 42.0 Å². The van der Waals surface area contributed by atoms with Gasteiger partial charge in [0.15, 0.2) is 10.6 Å². The summed E-state index contributed by atoms with van der Waals surface area (Å²) >= 11 is 7.70. The van der Waals surface area contributed by atoms with E-state index in [1.54, 1.807) is 11.1 Å². The average Bonchev–Trinajstić information content (AvgIpc) is 3.37. The van der Waals surface area contributed by atoms with Crippen LogP contribution in [-0.4, -0.2) is 30.8 Å². The second-order valence-corrected chi connectivity index (χ2v) is 8.90. The number of nitrogens with zero attached hydrogens (tertiary/aromatic N) is 5. The first kappa shape index (κ1) is 18.0. The lowest BCUT2D eigenvalue weighted by Crippen LogP contribution is -2.37. The van der Waals surface area contributed by atoms with Gasteiger partial charge in [-0.1, -0.05) is 6.08 Å². The van der Waals surface area contributed by atoms with Gasteiger partial charge >= 0.3 is 0 Å². The molecular weight excluding hydrogens is 386 g/mol. The molecule has 2 aliphatic rings.